The Kier molecular flexibility index (Phi) is 11.4. The average molecular weight is 665 g/mol. The molecule has 0 radical (unpaired) electrons. The molecular formula is C32H36Cl3N3O4S. The summed E-state index contributed by atoms with van der Waals surface area (Å²) in [7, 11) is -4.01. The van der Waals surface area contributed by atoms with Gasteiger partial charge >= 0.3 is 0 Å². The number of halogens is 3. The number of benzene rings is 3. The number of rotatable bonds is 11. The molecule has 2 amide bonds. The van der Waals surface area contributed by atoms with Crippen LogP contribution < -0.4 is 9.62 Å². The van der Waals surface area contributed by atoms with Gasteiger partial charge in [0.15, 0.2) is 0 Å². The van der Waals surface area contributed by atoms with Gasteiger partial charge in [0.1, 0.15) is 12.6 Å². The van der Waals surface area contributed by atoms with Gasteiger partial charge in [0.2, 0.25) is 21.8 Å². The van der Waals surface area contributed by atoms with Gasteiger partial charge in [0.25, 0.3) is 0 Å². The van der Waals surface area contributed by atoms with E-state index >= 15 is 0 Å². The minimum absolute atomic E-state index is 0.0222. The van der Waals surface area contributed by atoms with Crippen molar-refractivity contribution in [3.63, 3.8) is 0 Å². The maximum Gasteiger partial charge on any atom is 0.244 e. The molecule has 0 saturated heterocycles. The van der Waals surface area contributed by atoms with E-state index in [2.05, 4.69) is 5.32 Å². The minimum Gasteiger partial charge on any atom is -0.352 e. The maximum absolute atomic E-state index is 14.3. The van der Waals surface area contributed by atoms with Gasteiger partial charge < -0.3 is 10.2 Å². The predicted molar refractivity (Wildman–Crippen MR) is 174 cm³/mol. The summed E-state index contributed by atoms with van der Waals surface area (Å²) in [5.74, 6) is -0.827. The Morgan fingerprint density at radius 1 is 0.907 bits per heavy atom. The fraction of sp³-hybridized carbons (Fsp3) is 0.375. The van der Waals surface area contributed by atoms with Crippen molar-refractivity contribution in [3.8, 4) is 0 Å². The number of hydrogen-bond donors (Lipinski definition) is 1. The molecule has 0 spiro atoms. The Bertz CT molecular complexity index is 1550. The monoisotopic (exact) mass is 663 g/mol. The van der Waals surface area contributed by atoms with Crippen molar-refractivity contribution in [2.75, 3.05) is 17.1 Å². The molecule has 4 rings (SSSR count). The number of sulfonamides is 1. The molecule has 0 bridgehead atoms. The number of anilines is 1. The number of aryl methyl sites for hydroxylation is 1. The summed E-state index contributed by atoms with van der Waals surface area (Å²) in [6, 6.07) is 18.9. The van der Waals surface area contributed by atoms with E-state index in [1.807, 2.05) is 61.5 Å². The molecule has 0 heterocycles. The smallest absolute Gasteiger partial charge is 0.244 e. The van der Waals surface area contributed by atoms with Crippen LogP contribution in [0.4, 0.5) is 5.69 Å². The van der Waals surface area contributed by atoms with Crippen molar-refractivity contribution in [1.29, 1.82) is 0 Å². The highest BCUT2D eigenvalue weighted by atomic mass is 35.5. The largest absolute Gasteiger partial charge is 0.352 e. The minimum atomic E-state index is -4.01. The molecule has 1 unspecified atom stereocenters. The van der Waals surface area contributed by atoms with Crippen LogP contribution in [0, 0.1) is 6.92 Å². The van der Waals surface area contributed by atoms with Gasteiger partial charge in [-0.1, -0.05) is 109 Å². The molecule has 1 N–H and O–H groups in total. The highest BCUT2D eigenvalue weighted by molar-refractivity contribution is 7.92. The third-order valence-corrected chi connectivity index (χ3v) is 9.91. The van der Waals surface area contributed by atoms with Crippen LogP contribution in [0.15, 0.2) is 66.7 Å². The number of nitrogens with one attached hydrogen (secondary N) is 1. The molecule has 3 aromatic rings. The van der Waals surface area contributed by atoms with Crippen molar-refractivity contribution in [2.24, 2.45) is 0 Å². The van der Waals surface area contributed by atoms with Crippen LogP contribution in [0.2, 0.25) is 15.1 Å². The molecule has 1 atom stereocenters. The lowest BCUT2D eigenvalue weighted by atomic mass is 9.94. The Labute approximate surface area is 269 Å². The van der Waals surface area contributed by atoms with Gasteiger partial charge in [-0.05, 0) is 48.6 Å². The van der Waals surface area contributed by atoms with Gasteiger partial charge in [0, 0.05) is 19.0 Å². The number of nitrogens with zero attached hydrogens (tertiary/aromatic N) is 2. The van der Waals surface area contributed by atoms with Gasteiger partial charge in [-0.25, -0.2) is 8.42 Å². The van der Waals surface area contributed by atoms with Crippen LogP contribution >= 0.6 is 34.8 Å². The second-order valence-electron chi connectivity index (χ2n) is 11.0. The molecule has 0 aliphatic heterocycles. The normalized spacial score (nSPS) is 14.6. The lowest BCUT2D eigenvalue weighted by molar-refractivity contribution is -0.140. The van der Waals surface area contributed by atoms with Gasteiger partial charge in [-0.2, -0.15) is 0 Å². The van der Waals surface area contributed by atoms with Gasteiger partial charge in [-0.15, -0.1) is 0 Å². The van der Waals surface area contributed by atoms with E-state index in [0.717, 1.165) is 59.4 Å². The first-order valence-electron chi connectivity index (χ1n) is 14.2. The summed E-state index contributed by atoms with van der Waals surface area (Å²) in [4.78, 5) is 29.8. The van der Waals surface area contributed by atoms with E-state index in [1.54, 1.807) is 0 Å². The molecule has 7 nitrogen and oxygen atoms in total. The number of carbonyl (C=O) groups excluding carboxylic acids is 2. The SMILES string of the molecule is Cc1ccccc1CN(C(=O)CN(c1cc(Cl)c(Cl)cc1Cl)S(C)(=O)=O)C(Cc1ccccc1)C(=O)NC1CCCCC1. The second-order valence-corrected chi connectivity index (χ2v) is 14.1. The summed E-state index contributed by atoms with van der Waals surface area (Å²) in [5.41, 5.74) is 2.69. The summed E-state index contributed by atoms with van der Waals surface area (Å²) >= 11 is 18.7. The van der Waals surface area contributed by atoms with Crippen LogP contribution in [-0.4, -0.2) is 50.0 Å². The van der Waals surface area contributed by atoms with Gasteiger partial charge in [0.05, 0.1) is 27.0 Å². The van der Waals surface area contributed by atoms with E-state index in [1.165, 1.54) is 17.0 Å². The first-order valence-corrected chi connectivity index (χ1v) is 17.2. The third kappa shape index (κ3) is 8.88. The van der Waals surface area contributed by atoms with E-state index in [0.29, 0.717) is 0 Å². The first-order chi connectivity index (χ1) is 20.4. The first kappa shape index (κ1) is 33.1. The lowest BCUT2D eigenvalue weighted by Gasteiger charge is -2.35. The quantitative estimate of drug-likeness (QED) is 0.228. The van der Waals surface area contributed by atoms with Crippen molar-refractivity contribution >= 4 is 62.3 Å². The van der Waals surface area contributed by atoms with Crippen LogP contribution in [0.25, 0.3) is 0 Å². The van der Waals surface area contributed by atoms with Gasteiger partial charge in [-0.3, -0.25) is 13.9 Å². The standard InChI is InChI=1S/C32H36Cl3N3O4S/c1-22-11-9-10-14-24(22)20-37(31(39)21-38(43(2,41)42)29-19-27(34)26(33)18-28(29)35)30(17-23-12-5-3-6-13-23)32(40)36-25-15-7-4-8-16-25/h3,5-6,9-14,18-19,25,30H,4,7-8,15-17,20-21H2,1-2H3,(H,36,40). The number of carbonyl (C=O) groups is 2. The van der Waals surface area contributed by atoms with Crippen molar-refractivity contribution in [2.45, 2.75) is 64.1 Å². The Morgan fingerprint density at radius 2 is 1.53 bits per heavy atom. The van der Waals surface area contributed by atoms with Crippen LogP contribution in [0.1, 0.15) is 48.8 Å². The average Bonchev–Trinajstić information content (AvgIpc) is 2.97. The van der Waals surface area contributed by atoms with E-state index in [-0.39, 0.29) is 45.7 Å². The Hall–Kier alpha value is -2.78. The topological polar surface area (TPSA) is 86.8 Å². The molecule has 3 aromatic carbocycles. The molecule has 1 fully saturated rings. The van der Waals surface area contributed by atoms with Crippen LogP contribution in [0.3, 0.4) is 0 Å². The molecule has 11 heteroatoms. The molecule has 1 saturated carbocycles. The third-order valence-electron chi connectivity index (χ3n) is 7.76. The highest BCUT2D eigenvalue weighted by Gasteiger charge is 2.34. The van der Waals surface area contributed by atoms with Crippen LogP contribution in [0.5, 0.6) is 0 Å². The van der Waals surface area contributed by atoms with E-state index < -0.39 is 28.5 Å². The molecular weight excluding hydrogens is 629 g/mol. The van der Waals surface area contributed by atoms with Crippen LogP contribution in [-0.2, 0) is 32.6 Å². The fourth-order valence-electron chi connectivity index (χ4n) is 5.37. The zero-order valence-electron chi connectivity index (χ0n) is 24.2. The number of hydrogen-bond acceptors (Lipinski definition) is 4. The molecule has 0 aromatic heterocycles. The highest BCUT2D eigenvalue weighted by Crippen LogP contribution is 2.36. The summed E-state index contributed by atoms with van der Waals surface area (Å²) < 4.78 is 27.0. The zero-order valence-corrected chi connectivity index (χ0v) is 27.3. The predicted octanol–water partition coefficient (Wildman–Crippen LogP) is 6.81. The van der Waals surface area contributed by atoms with E-state index in [9.17, 15) is 18.0 Å². The fourth-order valence-corrected chi connectivity index (χ4v) is 6.91. The molecule has 230 valence electrons. The summed E-state index contributed by atoms with van der Waals surface area (Å²) in [5, 5.41) is 3.46. The maximum atomic E-state index is 14.3. The zero-order chi connectivity index (χ0) is 31.1. The molecule has 1 aliphatic rings. The summed E-state index contributed by atoms with van der Waals surface area (Å²) in [6.45, 7) is 1.45. The van der Waals surface area contributed by atoms with E-state index in [4.69, 9.17) is 34.8 Å². The van der Waals surface area contributed by atoms with Crippen molar-refractivity contribution in [1.82, 2.24) is 10.2 Å². The molecule has 1 aliphatic carbocycles. The van der Waals surface area contributed by atoms with Crippen molar-refractivity contribution < 1.29 is 18.0 Å². The second kappa shape index (κ2) is 14.8. The lowest BCUT2D eigenvalue weighted by Crippen LogP contribution is -2.55. The molecule has 43 heavy (non-hydrogen) atoms. The Morgan fingerprint density at radius 3 is 2.19 bits per heavy atom. The summed E-state index contributed by atoms with van der Waals surface area (Å²) in [6.07, 6.45) is 6.21. The number of amides is 2. The van der Waals surface area contributed by atoms with Crippen molar-refractivity contribution in [3.05, 3.63) is 98.5 Å². The Balaban J connectivity index is 1.76.